The molecule has 0 aliphatic carbocycles. The van der Waals surface area contributed by atoms with Gasteiger partial charge in [0.1, 0.15) is 29.7 Å². The molecule has 2 N–H and O–H groups in total. The quantitative estimate of drug-likeness (QED) is 0.164. The molecule has 1 atom stereocenters. The van der Waals surface area contributed by atoms with Crippen LogP contribution in [0.1, 0.15) is 46.1 Å². The molecular weight excluding hydrogens is 579 g/mol. The maximum atomic E-state index is 14.2. The monoisotopic (exact) mass is 604 g/mol. The van der Waals surface area contributed by atoms with Crippen LogP contribution in [0, 0.1) is 17.5 Å². The number of ketones is 1. The second-order valence-corrected chi connectivity index (χ2v) is 10.2. The van der Waals surface area contributed by atoms with Gasteiger partial charge in [-0.3, -0.25) is 19.3 Å². The van der Waals surface area contributed by atoms with Crippen molar-refractivity contribution in [2.75, 3.05) is 0 Å². The van der Waals surface area contributed by atoms with Crippen LogP contribution in [0.3, 0.4) is 0 Å². The zero-order valence-electron chi connectivity index (χ0n) is 23.1. The summed E-state index contributed by atoms with van der Waals surface area (Å²) in [5.41, 5.74) is 6.73. The van der Waals surface area contributed by atoms with E-state index >= 15 is 0 Å². The summed E-state index contributed by atoms with van der Waals surface area (Å²) >= 11 is 0. The molecule has 0 unspecified atom stereocenters. The Morgan fingerprint density at radius 1 is 0.841 bits per heavy atom. The van der Waals surface area contributed by atoms with Gasteiger partial charge in [0.05, 0.1) is 17.0 Å². The third-order valence-electron chi connectivity index (χ3n) is 7.08. The van der Waals surface area contributed by atoms with Gasteiger partial charge in [0.15, 0.2) is 5.78 Å². The number of amides is 1. The molecule has 0 saturated carbocycles. The first kappa shape index (κ1) is 30.3. The largest absolute Gasteiger partial charge is 0.366 e. The number of primary amides is 1. The lowest BCUT2D eigenvalue weighted by Gasteiger charge is -2.20. The molecule has 1 amide bonds. The normalized spacial score (nSPS) is 12.0. The van der Waals surface area contributed by atoms with E-state index in [-0.39, 0.29) is 29.7 Å². The number of nitrogens with zero attached hydrogens (tertiary/aromatic N) is 3. The van der Waals surface area contributed by atoms with E-state index in [4.69, 9.17) is 5.73 Å². The Labute approximate surface area is 249 Å². The lowest BCUT2D eigenvalue weighted by molar-refractivity contribution is -0.120. The lowest BCUT2D eigenvalue weighted by Crippen LogP contribution is -2.19. The lowest BCUT2D eigenvalue weighted by atomic mass is 9.86. The number of halogens is 5. The van der Waals surface area contributed by atoms with Crippen LogP contribution in [-0.4, -0.2) is 26.5 Å². The van der Waals surface area contributed by atoms with E-state index in [0.29, 0.717) is 28.5 Å². The number of carbonyl (C=O) groups excluding carboxylic acids is 2. The molecule has 0 bridgehead atoms. The number of hydrogen-bond acceptors (Lipinski definition) is 4. The number of aromatic nitrogens is 3. The summed E-state index contributed by atoms with van der Waals surface area (Å²) in [6.07, 6.45) is -1.77. The van der Waals surface area contributed by atoms with Crippen molar-refractivity contribution < 1.29 is 31.5 Å². The number of alkyl halides is 2. The molecule has 5 rings (SSSR count). The van der Waals surface area contributed by atoms with Gasteiger partial charge in [0, 0.05) is 35.7 Å². The summed E-state index contributed by atoms with van der Waals surface area (Å²) in [6, 6.07) is 19.8. The molecule has 44 heavy (non-hydrogen) atoms. The second-order valence-electron chi connectivity index (χ2n) is 10.2. The van der Waals surface area contributed by atoms with Crippen molar-refractivity contribution in [1.82, 2.24) is 14.8 Å². The second kappa shape index (κ2) is 13.0. The summed E-state index contributed by atoms with van der Waals surface area (Å²) in [5.74, 6) is -4.74. The number of benzene rings is 3. The highest BCUT2D eigenvalue weighted by Gasteiger charge is 2.25. The Morgan fingerprint density at radius 3 is 2.25 bits per heavy atom. The van der Waals surface area contributed by atoms with Crippen molar-refractivity contribution in [2.24, 2.45) is 5.73 Å². The minimum atomic E-state index is -2.90. The predicted octanol–water partition coefficient (Wildman–Crippen LogP) is 7.05. The highest BCUT2D eigenvalue weighted by molar-refractivity contribution is 5.94. The van der Waals surface area contributed by atoms with Gasteiger partial charge < -0.3 is 5.73 Å². The first-order valence-electron chi connectivity index (χ1n) is 13.5. The van der Waals surface area contributed by atoms with Crippen LogP contribution in [0.15, 0.2) is 91.1 Å². The first-order chi connectivity index (χ1) is 21.1. The maximum Gasteiger partial charge on any atom is 0.280 e. The van der Waals surface area contributed by atoms with Crippen molar-refractivity contribution in [3.05, 3.63) is 131 Å². The van der Waals surface area contributed by atoms with E-state index in [1.54, 1.807) is 42.5 Å². The first-order valence-corrected chi connectivity index (χ1v) is 13.5. The van der Waals surface area contributed by atoms with Crippen molar-refractivity contribution in [1.29, 1.82) is 0 Å². The fourth-order valence-corrected chi connectivity index (χ4v) is 5.14. The zero-order valence-corrected chi connectivity index (χ0v) is 23.1. The van der Waals surface area contributed by atoms with Crippen molar-refractivity contribution in [3.8, 4) is 22.4 Å². The molecule has 0 spiro atoms. The van der Waals surface area contributed by atoms with Gasteiger partial charge in [0.2, 0.25) is 0 Å². The Bertz CT molecular complexity index is 1800. The summed E-state index contributed by atoms with van der Waals surface area (Å²) in [7, 11) is 0. The third kappa shape index (κ3) is 6.88. The Hall–Kier alpha value is -5.19. The van der Waals surface area contributed by atoms with Crippen molar-refractivity contribution in [2.45, 2.75) is 31.7 Å². The standard InChI is InChI=1S/C33H25F5N4O2/c34-23-12-19(13-24(35)16-23)11-22(31-26(7-4-10-40-31)21-8-9-28(36)27(15-21)33(39)44)14-25(43)18-42-30(32(37)38)17-29(41-42)20-5-2-1-3-6-20/h1-10,12-13,15-17,22,32H,11,14,18H2,(H2,39,44)/t22-/m1/s1. The number of nitrogens with two attached hydrogens (primary N) is 1. The Morgan fingerprint density at radius 2 is 1.57 bits per heavy atom. The summed E-state index contributed by atoms with van der Waals surface area (Å²) in [4.78, 5) is 29.7. The fourth-order valence-electron chi connectivity index (χ4n) is 5.14. The number of Topliss-reactive ketones (excluding diaryl/α,β-unsaturated/α-hetero) is 1. The fraction of sp³-hybridized carbons (Fsp3) is 0.152. The highest BCUT2D eigenvalue weighted by Crippen LogP contribution is 2.34. The van der Waals surface area contributed by atoms with Gasteiger partial charge in [-0.1, -0.05) is 42.5 Å². The van der Waals surface area contributed by atoms with Gasteiger partial charge in [0.25, 0.3) is 12.3 Å². The molecule has 0 fully saturated rings. The van der Waals surface area contributed by atoms with Crippen LogP contribution >= 0.6 is 0 Å². The van der Waals surface area contributed by atoms with Crippen LogP contribution in [-0.2, 0) is 17.8 Å². The molecule has 224 valence electrons. The SMILES string of the molecule is NC(=O)c1cc(-c2cccnc2[C@@H](CC(=O)Cn2nc(-c3ccccc3)cc2C(F)F)Cc2cc(F)cc(F)c2)ccc1F. The zero-order chi connectivity index (χ0) is 31.4. The van der Waals surface area contributed by atoms with E-state index in [2.05, 4.69) is 10.1 Å². The molecule has 3 aromatic carbocycles. The molecule has 5 aromatic rings. The van der Waals surface area contributed by atoms with Gasteiger partial charge in [-0.05, 0) is 53.9 Å². The van der Waals surface area contributed by atoms with Crippen molar-refractivity contribution in [3.63, 3.8) is 0 Å². The van der Waals surface area contributed by atoms with Crippen LogP contribution < -0.4 is 5.73 Å². The van der Waals surface area contributed by atoms with Gasteiger partial charge in [-0.25, -0.2) is 22.0 Å². The number of rotatable bonds is 11. The summed E-state index contributed by atoms with van der Waals surface area (Å²) in [5, 5.41) is 4.25. The topological polar surface area (TPSA) is 90.9 Å². The minimum absolute atomic E-state index is 0.0512. The Kier molecular flexibility index (Phi) is 8.94. The van der Waals surface area contributed by atoms with E-state index in [0.717, 1.165) is 22.9 Å². The molecule has 6 nitrogen and oxygen atoms in total. The maximum absolute atomic E-state index is 14.2. The smallest absolute Gasteiger partial charge is 0.280 e. The average molecular weight is 605 g/mol. The highest BCUT2D eigenvalue weighted by atomic mass is 19.3. The molecule has 0 radical (unpaired) electrons. The van der Waals surface area contributed by atoms with E-state index < -0.39 is 53.7 Å². The average Bonchev–Trinajstić information content (AvgIpc) is 3.41. The van der Waals surface area contributed by atoms with E-state index in [1.165, 1.54) is 24.4 Å². The molecule has 2 aromatic heterocycles. The van der Waals surface area contributed by atoms with E-state index in [9.17, 15) is 31.5 Å². The minimum Gasteiger partial charge on any atom is -0.366 e. The molecular formula is C33H25F5N4O2. The van der Waals surface area contributed by atoms with Gasteiger partial charge in [-0.2, -0.15) is 5.10 Å². The third-order valence-corrected chi connectivity index (χ3v) is 7.08. The van der Waals surface area contributed by atoms with Gasteiger partial charge in [-0.15, -0.1) is 0 Å². The number of carbonyl (C=O) groups is 2. The molecule has 2 heterocycles. The van der Waals surface area contributed by atoms with Gasteiger partial charge >= 0.3 is 0 Å². The molecule has 11 heteroatoms. The summed E-state index contributed by atoms with van der Waals surface area (Å²) < 4.78 is 71.3. The van der Waals surface area contributed by atoms with Crippen molar-refractivity contribution >= 4 is 11.7 Å². The molecule has 0 saturated heterocycles. The van der Waals surface area contributed by atoms with Crippen LogP contribution in [0.2, 0.25) is 0 Å². The molecule has 0 aliphatic rings. The van der Waals surface area contributed by atoms with E-state index in [1.807, 2.05) is 0 Å². The Balaban J connectivity index is 1.52. The van der Waals surface area contributed by atoms with Crippen LogP contribution in [0.4, 0.5) is 22.0 Å². The number of pyridine rings is 1. The van der Waals surface area contributed by atoms with Crippen LogP contribution in [0.5, 0.6) is 0 Å². The molecule has 0 aliphatic heterocycles. The summed E-state index contributed by atoms with van der Waals surface area (Å²) in [6.45, 7) is -0.495. The van der Waals surface area contributed by atoms with Crippen LogP contribution in [0.25, 0.3) is 22.4 Å². The number of hydrogen-bond donors (Lipinski definition) is 1. The predicted molar refractivity (Wildman–Crippen MR) is 153 cm³/mol.